The summed E-state index contributed by atoms with van der Waals surface area (Å²) < 4.78 is 1.04. The largest absolute Gasteiger partial charge is 0.399 e. The van der Waals surface area contributed by atoms with Crippen LogP contribution in [-0.4, -0.2) is 6.54 Å². The third-order valence-corrected chi connectivity index (χ3v) is 2.96. The summed E-state index contributed by atoms with van der Waals surface area (Å²) in [6.45, 7) is 6.41. The number of hydrogen-bond acceptors (Lipinski definition) is 2. The SMILES string of the molecule is CCC(C)CNCc1cc(N)cc(Br)c1. The van der Waals surface area contributed by atoms with Crippen LogP contribution in [0.3, 0.4) is 0 Å². The Bertz CT molecular complexity index is 292. The average Bonchev–Trinajstić information content (AvgIpc) is 2.16. The summed E-state index contributed by atoms with van der Waals surface area (Å²) in [7, 11) is 0. The van der Waals surface area contributed by atoms with E-state index in [4.69, 9.17) is 5.73 Å². The topological polar surface area (TPSA) is 38.0 Å². The molecule has 3 heteroatoms. The Labute approximate surface area is 100 Å². The quantitative estimate of drug-likeness (QED) is 0.807. The number of hydrogen-bond donors (Lipinski definition) is 2. The first-order chi connectivity index (χ1) is 7.11. The van der Waals surface area contributed by atoms with Crippen molar-refractivity contribution in [3.05, 3.63) is 28.2 Å². The van der Waals surface area contributed by atoms with Crippen LogP contribution in [0.5, 0.6) is 0 Å². The predicted molar refractivity (Wildman–Crippen MR) is 69.7 cm³/mol. The van der Waals surface area contributed by atoms with Crippen molar-refractivity contribution in [3.63, 3.8) is 0 Å². The summed E-state index contributed by atoms with van der Waals surface area (Å²) in [5.74, 6) is 0.731. The summed E-state index contributed by atoms with van der Waals surface area (Å²) in [5.41, 5.74) is 7.80. The molecule has 0 aromatic heterocycles. The van der Waals surface area contributed by atoms with Crippen molar-refractivity contribution in [1.29, 1.82) is 0 Å². The maximum atomic E-state index is 5.76. The highest BCUT2D eigenvalue weighted by atomic mass is 79.9. The molecule has 0 saturated carbocycles. The molecule has 0 radical (unpaired) electrons. The van der Waals surface area contributed by atoms with Gasteiger partial charge in [0.1, 0.15) is 0 Å². The lowest BCUT2D eigenvalue weighted by Crippen LogP contribution is -2.20. The minimum absolute atomic E-state index is 0.731. The molecule has 0 spiro atoms. The second-order valence-electron chi connectivity index (χ2n) is 4.04. The fourth-order valence-electron chi connectivity index (χ4n) is 1.38. The van der Waals surface area contributed by atoms with E-state index in [1.165, 1.54) is 12.0 Å². The van der Waals surface area contributed by atoms with Crippen LogP contribution in [-0.2, 0) is 6.54 Å². The van der Waals surface area contributed by atoms with Gasteiger partial charge in [-0.1, -0.05) is 36.2 Å². The standard InChI is InChI=1S/C12H19BrN2/c1-3-9(2)7-15-8-10-4-11(13)6-12(14)5-10/h4-6,9,15H,3,7-8,14H2,1-2H3. The molecule has 0 aliphatic carbocycles. The Hall–Kier alpha value is -0.540. The van der Waals surface area contributed by atoms with Gasteiger partial charge in [0.25, 0.3) is 0 Å². The van der Waals surface area contributed by atoms with E-state index >= 15 is 0 Å². The van der Waals surface area contributed by atoms with Gasteiger partial charge in [0.05, 0.1) is 0 Å². The van der Waals surface area contributed by atoms with Crippen molar-refractivity contribution >= 4 is 21.6 Å². The van der Waals surface area contributed by atoms with Crippen LogP contribution in [0.1, 0.15) is 25.8 Å². The normalized spacial score (nSPS) is 12.7. The zero-order valence-electron chi connectivity index (χ0n) is 9.39. The Morgan fingerprint density at radius 3 is 2.73 bits per heavy atom. The van der Waals surface area contributed by atoms with Gasteiger partial charge in [-0.05, 0) is 36.2 Å². The highest BCUT2D eigenvalue weighted by Gasteiger charge is 1.99. The smallest absolute Gasteiger partial charge is 0.0328 e. The molecule has 0 aliphatic rings. The van der Waals surface area contributed by atoms with Gasteiger partial charge in [0, 0.05) is 16.7 Å². The van der Waals surface area contributed by atoms with Crippen LogP contribution < -0.4 is 11.1 Å². The lowest BCUT2D eigenvalue weighted by Gasteiger charge is -2.10. The molecule has 1 aromatic rings. The molecule has 0 aliphatic heterocycles. The number of halogens is 1. The van der Waals surface area contributed by atoms with Gasteiger partial charge >= 0.3 is 0 Å². The molecule has 1 rings (SSSR count). The number of nitrogens with two attached hydrogens (primary N) is 1. The minimum atomic E-state index is 0.731. The van der Waals surface area contributed by atoms with Crippen molar-refractivity contribution in [1.82, 2.24) is 5.32 Å². The Balaban J connectivity index is 2.43. The van der Waals surface area contributed by atoms with E-state index in [2.05, 4.69) is 41.2 Å². The van der Waals surface area contributed by atoms with E-state index in [9.17, 15) is 0 Å². The van der Waals surface area contributed by atoms with E-state index in [1.54, 1.807) is 0 Å². The van der Waals surface area contributed by atoms with Gasteiger partial charge in [0.15, 0.2) is 0 Å². The molecular formula is C12H19BrN2. The summed E-state index contributed by atoms with van der Waals surface area (Å²) in [6.07, 6.45) is 1.22. The molecule has 84 valence electrons. The summed E-state index contributed by atoms with van der Waals surface area (Å²) in [5, 5.41) is 3.43. The van der Waals surface area contributed by atoms with Crippen LogP contribution in [0.15, 0.2) is 22.7 Å². The first-order valence-electron chi connectivity index (χ1n) is 5.37. The lowest BCUT2D eigenvalue weighted by atomic mass is 10.1. The zero-order chi connectivity index (χ0) is 11.3. The molecule has 0 saturated heterocycles. The van der Waals surface area contributed by atoms with Crippen molar-refractivity contribution in [2.45, 2.75) is 26.8 Å². The van der Waals surface area contributed by atoms with E-state index in [0.29, 0.717) is 0 Å². The molecule has 0 heterocycles. The molecule has 15 heavy (non-hydrogen) atoms. The van der Waals surface area contributed by atoms with Crippen molar-refractivity contribution in [3.8, 4) is 0 Å². The van der Waals surface area contributed by atoms with E-state index in [-0.39, 0.29) is 0 Å². The highest BCUT2D eigenvalue weighted by Crippen LogP contribution is 2.17. The lowest BCUT2D eigenvalue weighted by molar-refractivity contribution is 0.500. The van der Waals surface area contributed by atoms with Crippen LogP contribution in [0.25, 0.3) is 0 Å². The summed E-state index contributed by atoms with van der Waals surface area (Å²) in [6, 6.07) is 6.02. The molecular weight excluding hydrogens is 252 g/mol. The summed E-state index contributed by atoms with van der Waals surface area (Å²) in [4.78, 5) is 0. The minimum Gasteiger partial charge on any atom is -0.399 e. The van der Waals surface area contributed by atoms with Gasteiger partial charge in [-0.25, -0.2) is 0 Å². The van der Waals surface area contributed by atoms with Gasteiger partial charge in [-0.3, -0.25) is 0 Å². The fourth-order valence-corrected chi connectivity index (χ4v) is 1.94. The van der Waals surface area contributed by atoms with E-state index in [1.807, 2.05) is 12.1 Å². The molecule has 0 fully saturated rings. The number of anilines is 1. The van der Waals surface area contributed by atoms with Gasteiger partial charge < -0.3 is 11.1 Å². The molecule has 3 N–H and O–H groups in total. The third-order valence-electron chi connectivity index (χ3n) is 2.50. The average molecular weight is 271 g/mol. The van der Waals surface area contributed by atoms with Gasteiger partial charge in [0.2, 0.25) is 0 Å². The third kappa shape index (κ3) is 4.67. The second-order valence-corrected chi connectivity index (χ2v) is 4.95. The maximum Gasteiger partial charge on any atom is 0.0328 e. The van der Waals surface area contributed by atoms with Crippen LogP contribution >= 0.6 is 15.9 Å². The van der Waals surface area contributed by atoms with Crippen molar-refractivity contribution in [2.75, 3.05) is 12.3 Å². The first kappa shape index (κ1) is 12.5. The van der Waals surface area contributed by atoms with Gasteiger partial charge in [-0.15, -0.1) is 0 Å². The number of rotatable bonds is 5. The number of nitrogens with one attached hydrogen (secondary N) is 1. The van der Waals surface area contributed by atoms with Crippen molar-refractivity contribution < 1.29 is 0 Å². The molecule has 0 amide bonds. The van der Waals surface area contributed by atoms with Crippen molar-refractivity contribution in [2.24, 2.45) is 5.92 Å². The van der Waals surface area contributed by atoms with E-state index < -0.39 is 0 Å². The molecule has 0 bridgehead atoms. The van der Waals surface area contributed by atoms with Crippen LogP contribution in [0, 0.1) is 5.92 Å². The monoisotopic (exact) mass is 270 g/mol. The number of benzene rings is 1. The fraction of sp³-hybridized carbons (Fsp3) is 0.500. The molecule has 1 atom stereocenters. The van der Waals surface area contributed by atoms with Gasteiger partial charge in [-0.2, -0.15) is 0 Å². The summed E-state index contributed by atoms with van der Waals surface area (Å²) >= 11 is 3.44. The Morgan fingerprint density at radius 2 is 2.13 bits per heavy atom. The maximum absolute atomic E-state index is 5.76. The van der Waals surface area contributed by atoms with Crippen LogP contribution in [0.2, 0.25) is 0 Å². The Kier molecular flexibility index (Phi) is 5.12. The molecule has 2 nitrogen and oxygen atoms in total. The zero-order valence-corrected chi connectivity index (χ0v) is 11.0. The number of nitrogen functional groups attached to an aromatic ring is 1. The Morgan fingerprint density at radius 1 is 1.40 bits per heavy atom. The van der Waals surface area contributed by atoms with Crippen LogP contribution in [0.4, 0.5) is 5.69 Å². The second kappa shape index (κ2) is 6.13. The molecule has 1 aromatic carbocycles. The predicted octanol–water partition coefficient (Wildman–Crippen LogP) is 3.17. The first-order valence-corrected chi connectivity index (χ1v) is 6.16. The highest BCUT2D eigenvalue weighted by molar-refractivity contribution is 9.10. The van der Waals surface area contributed by atoms with E-state index in [0.717, 1.165) is 29.2 Å². The molecule has 1 unspecified atom stereocenters.